The molecule has 25 heavy (non-hydrogen) atoms. The van der Waals surface area contributed by atoms with Gasteiger partial charge in [-0.25, -0.2) is 0 Å². The number of rotatable bonds is 2. The number of hydrogen-bond donors (Lipinski definition) is 0. The fourth-order valence-corrected chi connectivity index (χ4v) is 4.67. The van der Waals surface area contributed by atoms with Crippen molar-refractivity contribution in [3.8, 4) is 0 Å². The molecule has 1 saturated heterocycles. The first-order chi connectivity index (χ1) is 11.7. The number of carbonyl (C=O) groups excluding carboxylic acids is 3. The molecule has 3 aliphatic rings. The van der Waals surface area contributed by atoms with Gasteiger partial charge in [-0.1, -0.05) is 25.7 Å². The van der Waals surface area contributed by atoms with Crippen molar-refractivity contribution in [3.05, 3.63) is 24.3 Å². The highest BCUT2D eigenvalue weighted by molar-refractivity contribution is 5.75. The Bertz CT molecular complexity index is 650. The SMILES string of the molecule is C=C1CC(OC(C)=O)C2C(C)C(=O)OC2C2C(=C)C(OC(C)=O)CC12. The van der Waals surface area contributed by atoms with Crippen LogP contribution in [0, 0.1) is 23.7 Å². The average molecular weight is 348 g/mol. The van der Waals surface area contributed by atoms with Crippen molar-refractivity contribution in [3.63, 3.8) is 0 Å². The van der Waals surface area contributed by atoms with E-state index >= 15 is 0 Å². The zero-order valence-corrected chi connectivity index (χ0v) is 14.8. The van der Waals surface area contributed by atoms with E-state index in [0.29, 0.717) is 12.8 Å². The summed E-state index contributed by atoms with van der Waals surface area (Å²) < 4.78 is 16.6. The van der Waals surface area contributed by atoms with E-state index in [2.05, 4.69) is 13.2 Å². The molecule has 0 radical (unpaired) electrons. The first-order valence-corrected chi connectivity index (χ1v) is 8.62. The topological polar surface area (TPSA) is 78.9 Å². The molecule has 0 aromatic carbocycles. The molecule has 6 nitrogen and oxygen atoms in total. The summed E-state index contributed by atoms with van der Waals surface area (Å²) in [6, 6.07) is 0. The minimum absolute atomic E-state index is 0.0111. The third-order valence-corrected chi connectivity index (χ3v) is 5.72. The molecule has 6 heteroatoms. The first-order valence-electron chi connectivity index (χ1n) is 8.62. The van der Waals surface area contributed by atoms with Crippen LogP contribution >= 0.6 is 0 Å². The molecule has 2 aliphatic carbocycles. The van der Waals surface area contributed by atoms with Crippen LogP contribution in [0.1, 0.15) is 33.6 Å². The second-order valence-electron chi connectivity index (χ2n) is 7.32. The van der Waals surface area contributed by atoms with Gasteiger partial charge in [-0.3, -0.25) is 14.4 Å². The van der Waals surface area contributed by atoms with Gasteiger partial charge in [0.15, 0.2) is 0 Å². The van der Waals surface area contributed by atoms with Crippen molar-refractivity contribution >= 4 is 17.9 Å². The van der Waals surface area contributed by atoms with Crippen LogP contribution in [-0.4, -0.2) is 36.2 Å². The molecule has 7 atom stereocenters. The maximum Gasteiger partial charge on any atom is 0.309 e. The summed E-state index contributed by atoms with van der Waals surface area (Å²) in [5.74, 6) is -1.84. The fraction of sp³-hybridized carbons (Fsp3) is 0.632. The summed E-state index contributed by atoms with van der Waals surface area (Å²) in [4.78, 5) is 35.1. The molecule has 3 fully saturated rings. The Morgan fingerprint density at radius 3 is 2.40 bits per heavy atom. The summed E-state index contributed by atoms with van der Waals surface area (Å²) in [7, 11) is 0. The third kappa shape index (κ3) is 2.98. The van der Waals surface area contributed by atoms with Gasteiger partial charge in [0.2, 0.25) is 0 Å². The van der Waals surface area contributed by atoms with Crippen LogP contribution in [0.15, 0.2) is 24.3 Å². The van der Waals surface area contributed by atoms with Crippen molar-refractivity contribution in [1.82, 2.24) is 0 Å². The van der Waals surface area contributed by atoms with Gasteiger partial charge in [-0.05, 0) is 17.9 Å². The number of fused-ring (bicyclic) bond motifs is 3. The van der Waals surface area contributed by atoms with Gasteiger partial charge in [0.25, 0.3) is 0 Å². The summed E-state index contributed by atoms with van der Waals surface area (Å²) in [6.07, 6.45) is -0.233. The molecule has 1 heterocycles. The van der Waals surface area contributed by atoms with E-state index in [1.807, 2.05) is 0 Å². The number of hydrogen-bond acceptors (Lipinski definition) is 6. The Morgan fingerprint density at radius 1 is 1.16 bits per heavy atom. The Hall–Kier alpha value is -2.11. The maximum atomic E-state index is 12.2. The molecule has 1 aliphatic heterocycles. The van der Waals surface area contributed by atoms with Crippen molar-refractivity contribution in [2.45, 2.75) is 51.9 Å². The summed E-state index contributed by atoms with van der Waals surface area (Å²) in [5.41, 5.74) is 1.67. The monoisotopic (exact) mass is 348 g/mol. The van der Waals surface area contributed by atoms with Gasteiger partial charge in [0, 0.05) is 32.1 Å². The normalized spacial score (nSPS) is 40.0. The van der Waals surface area contributed by atoms with Gasteiger partial charge in [-0.2, -0.15) is 0 Å². The lowest BCUT2D eigenvalue weighted by Gasteiger charge is -2.29. The number of ether oxygens (including phenoxy) is 3. The molecule has 0 bridgehead atoms. The van der Waals surface area contributed by atoms with Crippen molar-refractivity contribution < 1.29 is 28.6 Å². The van der Waals surface area contributed by atoms with E-state index in [4.69, 9.17) is 14.2 Å². The van der Waals surface area contributed by atoms with E-state index in [0.717, 1.165) is 11.1 Å². The van der Waals surface area contributed by atoms with Gasteiger partial charge in [0.1, 0.15) is 18.3 Å². The second-order valence-corrected chi connectivity index (χ2v) is 7.32. The summed E-state index contributed by atoms with van der Waals surface area (Å²) in [6.45, 7) is 12.8. The molecule has 2 saturated carbocycles. The van der Waals surface area contributed by atoms with E-state index in [9.17, 15) is 14.4 Å². The van der Waals surface area contributed by atoms with Crippen LogP contribution < -0.4 is 0 Å². The average Bonchev–Trinajstić information content (AvgIpc) is 2.92. The van der Waals surface area contributed by atoms with Crippen molar-refractivity contribution in [2.24, 2.45) is 23.7 Å². The zero-order valence-electron chi connectivity index (χ0n) is 14.8. The lowest BCUT2D eigenvalue weighted by atomic mass is 9.79. The molecule has 0 N–H and O–H groups in total. The fourth-order valence-electron chi connectivity index (χ4n) is 4.67. The number of esters is 3. The molecular weight excluding hydrogens is 324 g/mol. The van der Waals surface area contributed by atoms with Crippen molar-refractivity contribution in [2.75, 3.05) is 0 Å². The molecule has 3 rings (SSSR count). The predicted molar refractivity (Wildman–Crippen MR) is 88.1 cm³/mol. The zero-order chi connectivity index (χ0) is 18.5. The van der Waals surface area contributed by atoms with Crippen LogP contribution in [0.25, 0.3) is 0 Å². The van der Waals surface area contributed by atoms with Gasteiger partial charge >= 0.3 is 17.9 Å². The van der Waals surface area contributed by atoms with E-state index < -0.39 is 18.3 Å². The molecular formula is C19H24O6. The van der Waals surface area contributed by atoms with Crippen LogP contribution in [-0.2, 0) is 28.6 Å². The first kappa shape index (κ1) is 17.7. The molecule has 0 aromatic heterocycles. The lowest BCUT2D eigenvalue weighted by Crippen LogP contribution is -2.37. The quantitative estimate of drug-likeness (QED) is 0.432. The minimum Gasteiger partial charge on any atom is -0.462 e. The highest BCUT2D eigenvalue weighted by Crippen LogP contribution is 2.53. The summed E-state index contributed by atoms with van der Waals surface area (Å²) in [5, 5.41) is 0. The third-order valence-electron chi connectivity index (χ3n) is 5.72. The minimum atomic E-state index is -0.443. The van der Waals surface area contributed by atoms with Crippen LogP contribution in [0.2, 0.25) is 0 Å². The second kappa shape index (κ2) is 6.32. The highest BCUT2D eigenvalue weighted by atomic mass is 16.6. The van der Waals surface area contributed by atoms with E-state index in [-0.39, 0.29) is 41.6 Å². The lowest BCUT2D eigenvalue weighted by molar-refractivity contribution is -0.151. The maximum absolute atomic E-state index is 12.2. The predicted octanol–water partition coefficient (Wildman–Crippen LogP) is 2.18. The Balaban J connectivity index is 1.96. The van der Waals surface area contributed by atoms with E-state index in [1.54, 1.807) is 6.92 Å². The molecule has 7 unspecified atom stereocenters. The molecule has 0 aromatic rings. The van der Waals surface area contributed by atoms with Gasteiger partial charge in [-0.15, -0.1) is 0 Å². The Labute approximate surface area is 147 Å². The largest absolute Gasteiger partial charge is 0.462 e. The standard InChI is InChI=1S/C19H24O6/c1-8-6-15(24-12(5)21)17-10(3)19(22)25-18(17)16-9(2)14(7-13(8)16)23-11(4)20/h10,13-18H,1-2,6-7H2,3-5H3. The molecule has 136 valence electrons. The van der Waals surface area contributed by atoms with Crippen LogP contribution in [0.5, 0.6) is 0 Å². The summed E-state index contributed by atoms with van der Waals surface area (Å²) >= 11 is 0. The molecule has 0 spiro atoms. The smallest absolute Gasteiger partial charge is 0.309 e. The van der Waals surface area contributed by atoms with E-state index in [1.165, 1.54) is 13.8 Å². The van der Waals surface area contributed by atoms with Crippen LogP contribution in [0.3, 0.4) is 0 Å². The highest BCUT2D eigenvalue weighted by Gasteiger charge is 2.58. The Kier molecular flexibility index (Phi) is 4.47. The Morgan fingerprint density at radius 2 is 1.80 bits per heavy atom. The van der Waals surface area contributed by atoms with Gasteiger partial charge < -0.3 is 14.2 Å². The molecule has 0 amide bonds. The van der Waals surface area contributed by atoms with Gasteiger partial charge in [0.05, 0.1) is 5.92 Å². The number of carbonyl (C=O) groups is 3. The van der Waals surface area contributed by atoms with Crippen LogP contribution in [0.4, 0.5) is 0 Å². The van der Waals surface area contributed by atoms with Crippen molar-refractivity contribution in [1.29, 1.82) is 0 Å².